The summed E-state index contributed by atoms with van der Waals surface area (Å²) in [7, 11) is 0. The van der Waals surface area contributed by atoms with Gasteiger partial charge in [0.25, 0.3) is 0 Å². The van der Waals surface area contributed by atoms with E-state index in [9.17, 15) is 0 Å². The highest BCUT2D eigenvalue weighted by atomic mass is 15.1. The number of rotatable bonds is 5. The van der Waals surface area contributed by atoms with E-state index in [0.717, 1.165) is 22.7 Å². The smallest absolute Gasteiger partial charge is 0.0809 e. The van der Waals surface area contributed by atoms with Crippen LogP contribution in [0.1, 0.15) is 0 Å². The molecule has 0 N–H and O–H groups in total. The maximum atomic E-state index is 2.43. The first-order chi connectivity index (χ1) is 20.4. The number of pyridine rings is 1. The molecule has 0 aliphatic heterocycles. The second-order valence-electron chi connectivity index (χ2n) is 10.3. The van der Waals surface area contributed by atoms with Crippen molar-refractivity contribution in [2.24, 2.45) is 0 Å². The van der Waals surface area contributed by atoms with E-state index in [4.69, 9.17) is 0 Å². The van der Waals surface area contributed by atoms with Gasteiger partial charge in [-0.2, -0.15) is 0 Å². The van der Waals surface area contributed by atoms with E-state index in [1.54, 1.807) is 0 Å². The van der Waals surface area contributed by atoms with Gasteiger partial charge in [-0.25, -0.2) is 0 Å². The lowest BCUT2D eigenvalue weighted by molar-refractivity contribution is 1.18. The number of anilines is 3. The average Bonchev–Trinajstić information content (AvgIpc) is 3.56. The molecule has 3 heteroatoms. The van der Waals surface area contributed by atoms with Gasteiger partial charge in [0, 0.05) is 39.9 Å². The monoisotopic (exact) mass is 525 g/mol. The summed E-state index contributed by atoms with van der Waals surface area (Å²) in [6.45, 7) is 0. The Labute approximate surface area is 238 Å². The van der Waals surface area contributed by atoms with E-state index >= 15 is 0 Å². The minimum Gasteiger partial charge on any atom is -0.314 e. The second-order valence-corrected chi connectivity index (χ2v) is 10.3. The largest absolute Gasteiger partial charge is 0.314 e. The van der Waals surface area contributed by atoms with Gasteiger partial charge < -0.3 is 13.9 Å². The van der Waals surface area contributed by atoms with Crippen molar-refractivity contribution in [1.29, 1.82) is 0 Å². The van der Waals surface area contributed by atoms with Crippen molar-refractivity contribution in [2.75, 3.05) is 4.90 Å². The molecule has 0 bridgehead atoms. The van der Waals surface area contributed by atoms with Crippen molar-refractivity contribution in [3.63, 3.8) is 0 Å². The summed E-state index contributed by atoms with van der Waals surface area (Å²) in [5, 5.41) is 1.24. The summed E-state index contributed by atoms with van der Waals surface area (Å²) in [5.74, 6) is 0. The Morgan fingerprint density at radius 3 is 1.63 bits per heavy atom. The van der Waals surface area contributed by atoms with Crippen LogP contribution < -0.4 is 4.90 Å². The third-order valence-electron chi connectivity index (χ3n) is 7.90. The van der Waals surface area contributed by atoms with E-state index in [1.807, 2.05) is 0 Å². The van der Waals surface area contributed by atoms with Crippen LogP contribution in [-0.2, 0) is 0 Å². The highest BCUT2D eigenvalue weighted by Gasteiger charge is 2.22. The van der Waals surface area contributed by atoms with Crippen LogP contribution in [0.2, 0.25) is 0 Å². The van der Waals surface area contributed by atoms with Gasteiger partial charge in [0.05, 0.1) is 22.1 Å². The topological polar surface area (TPSA) is 12.6 Å². The van der Waals surface area contributed by atoms with Gasteiger partial charge in [-0.15, -0.1) is 0 Å². The lowest BCUT2D eigenvalue weighted by atomic mass is 10.1. The van der Waals surface area contributed by atoms with E-state index < -0.39 is 0 Å². The van der Waals surface area contributed by atoms with Gasteiger partial charge in [-0.3, -0.25) is 0 Å². The molecule has 8 aromatic rings. The SMILES string of the molecule is c1ccc(-c2c3c(c4ccccc4n3-c3ccc(N(c4ccccc4)c4ccccc4)cc3)n3ccccc23)cc1. The lowest BCUT2D eigenvalue weighted by Crippen LogP contribution is -2.09. The molecule has 194 valence electrons. The average molecular weight is 526 g/mol. The summed E-state index contributed by atoms with van der Waals surface area (Å²) in [4.78, 5) is 2.30. The predicted octanol–water partition coefficient (Wildman–Crippen LogP) is 10.2. The molecule has 0 spiro atoms. The molecule has 3 aromatic heterocycles. The molecule has 0 fully saturated rings. The molecular weight excluding hydrogens is 498 g/mol. The summed E-state index contributed by atoms with van der Waals surface area (Å²) < 4.78 is 4.77. The molecule has 41 heavy (non-hydrogen) atoms. The van der Waals surface area contributed by atoms with Crippen LogP contribution in [0.25, 0.3) is 44.3 Å². The van der Waals surface area contributed by atoms with E-state index in [2.05, 4.69) is 178 Å². The summed E-state index contributed by atoms with van der Waals surface area (Å²) in [6.07, 6.45) is 2.18. The number of hydrogen-bond acceptors (Lipinski definition) is 1. The zero-order chi connectivity index (χ0) is 27.2. The maximum Gasteiger partial charge on any atom is 0.0809 e. The van der Waals surface area contributed by atoms with Crippen LogP contribution in [0.3, 0.4) is 0 Å². The summed E-state index contributed by atoms with van der Waals surface area (Å²) in [5.41, 5.74) is 11.8. The van der Waals surface area contributed by atoms with Gasteiger partial charge in [-0.1, -0.05) is 91.0 Å². The summed E-state index contributed by atoms with van der Waals surface area (Å²) >= 11 is 0. The first-order valence-corrected chi connectivity index (χ1v) is 14.0. The lowest BCUT2D eigenvalue weighted by Gasteiger charge is -2.25. The molecule has 0 saturated heterocycles. The number of hydrogen-bond donors (Lipinski definition) is 0. The molecule has 3 nitrogen and oxygen atoms in total. The molecule has 0 amide bonds. The van der Waals surface area contributed by atoms with Crippen LogP contribution in [0.4, 0.5) is 17.1 Å². The van der Waals surface area contributed by atoms with Crippen molar-refractivity contribution in [2.45, 2.75) is 0 Å². The Morgan fingerprint density at radius 1 is 0.415 bits per heavy atom. The molecule has 0 atom stereocenters. The van der Waals surface area contributed by atoms with Crippen molar-refractivity contribution >= 4 is 44.5 Å². The molecule has 0 aliphatic carbocycles. The van der Waals surface area contributed by atoms with Crippen LogP contribution in [-0.4, -0.2) is 8.97 Å². The Bertz CT molecular complexity index is 2080. The van der Waals surface area contributed by atoms with Gasteiger partial charge in [0.15, 0.2) is 0 Å². The zero-order valence-electron chi connectivity index (χ0n) is 22.4. The third-order valence-corrected chi connectivity index (χ3v) is 7.90. The standard InChI is InChI=1S/C38H27N3/c1-4-14-28(15-5-1)36-35-22-12-13-27-39(35)37-33-20-10-11-21-34(33)41(38(36)37)32-25-23-31(24-26-32)40(29-16-6-2-7-17-29)30-18-8-3-9-19-30/h1-27H. The van der Waals surface area contributed by atoms with Gasteiger partial charge >= 0.3 is 0 Å². The normalized spacial score (nSPS) is 11.4. The fraction of sp³-hybridized carbons (Fsp3) is 0. The van der Waals surface area contributed by atoms with Gasteiger partial charge in [0.1, 0.15) is 0 Å². The molecule has 5 aromatic carbocycles. The number of fused-ring (bicyclic) bond motifs is 5. The third kappa shape index (κ3) is 3.75. The highest BCUT2D eigenvalue weighted by Crippen LogP contribution is 2.43. The molecule has 0 unspecified atom stereocenters. The number of para-hydroxylation sites is 3. The van der Waals surface area contributed by atoms with Crippen LogP contribution in [0, 0.1) is 0 Å². The van der Waals surface area contributed by atoms with E-state index in [-0.39, 0.29) is 0 Å². The van der Waals surface area contributed by atoms with Crippen molar-refractivity contribution in [1.82, 2.24) is 8.97 Å². The van der Waals surface area contributed by atoms with Gasteiger partial charge in [-0.05, 0) is 72.3 Å². The number of benzene rings is 5. The Balaban J connectivity index is 1.38. The minimum absolute atomic E-state index is 1.11. The second kappa shape index (κ2) is 9.58. The van der Waals surface area contributed by atoms with E-state index in [0.29, 0.717) is 0 Å². The number of nitrogens with zero attached hydrogens (tertiary/aromatic N) is 3. The Kier molecular flexibility index (Phi) is 5.46. The Hall–Kier alpha value is -5.54. The minimum atomic E-state index is 1.11. The predicted molar refractivity (Wildman–Crippen MR) is 172 cm³/mol. The highest BCUT2D eigenvalue weighted by molar-refractivity contribution is 6.17. The van der Waals surface area contributed by atoms with Gasteiger partial charge in [0.2, 0.25) is 0 Å². The molecular formula is C38H27N3. The quantitative estimate of drug-likeness (QED) is 0.218. The van der Waals surface area contributed by atoms with Crippen molar-refractivity contribution in [3.8, 4) is 16.8 Å². The fourth-order valence-electron chi connectivity index (χ4n) is 6.17. The first kappa shape index (κ1) is 23.4. The first-order valence-electron chi connectivity index (χ1n) is 14.0. The Morgan fingerprint density at radius 2 is 0.951 bits per heavy atom. The summed E-state index contributed by atoms with van der Waals surface area (Å²) in [6, 6.07) is 56.0. The van der Waals surface area contributed by atoms with Crippen molar-refractivity contribution < 1.29 is 0 Å². The zero-order valence-corrected chi connectivity index (χ0v) is 22.4. The van der Waals surface area contributed by atoms with Crippen LogP contribution >= 0.6 is 0 Å². The molecule has 0 aliphatic rings. The van der Waals surface area contributed by atoms with Crippen LogP contribution in [0.15, 0.2) is 164 Å². The molecule has 8 rings (SSSR count). The molecule has 0 saturated carbocycles. The maximum absolute atomic E-state index is 2.43. The van der Waals surface area contributed by atoms with Crippen LogP contribution in [0.5, 0.6) is 0 Å². The number of aromatic nitrogens is 2. The van der Waals surface area contributed by atoms with Crippen molar-refractivity contribution in [3.05, 3.63) is 164 Å². The molecule has 3 heterocycles. The molecule has 0 radical (unpaired) electrons. The fourth-order valence-corrected chi connectivity index (χ4v) is 6.17. The van der Waals surface area contributed by atoms with E-state index in [1.165, 1.54) is 38.6 Å².